The van der Waals surface area contributed by atoms with Crippen LogP contribution in [0.2, 0.25) is 5.02 Å². The summed E-state index contributed by atoms with van der Waals surface area (Å²) in [5, 5.41) is 7.44. The summed E-state index contributed by atoms with van der Waals surface area (Å²) in [5.41, 5.74) is 1.88. The fourth-order valence-electron chi connectivity index (χ4n) is 4.90. The van der Waals surface area contributed by atoms with E-state index >= 15 is 0 Å². The quantitative estimate of drug-likeness (QED) is 0.338. The number of carbonyl (C=O) groups is 2. The number of piperidine rings is 1. The number of H-pyrrole nitrogens is 1. The smallest absolute Gasteiger partial charge is 0.250 e. The second-order valence-corrected chi connectivity index (χ2v) is 9.73. The van der Waals surface area contributed by atoms with E-state index in [4.69, 9.17) is 16.3 Å². The van der Waals surface area contributed by atoms with Crippen molar-refractivity contribution < 1.29 is 14.3 Å². The Morgan fingerprint density at radius 1 is 1.08 bits per heavy atom. The molecule has 9 heteroatoms. The number of nitrogens with zero attached hydrogens (tertiary/aromatic N) is 2. The van der Waals surface area contributed by atoms with Crippen molar-refractivity contribution in [3.8, 4) is 11.5 Å². The Kier molecular flexibility index (Phi) is 5.43. The highest BCUT2D eigenvalue weighted by Gasteiger charge is 2.44. The van der Waals surface area contributed by atoms with Gasteiger partial charge in [-0.3, -0.25) is 9.59 Å². The first kappa shape index (κ1) is 22.6. The van der Waals surface area contributed by atoms with Gasteiger partial charge < -0.3 is 25.3 Å². The monoisotopic (exact) mass is 501 g/mol. The predicted molar refractivity (Wildman–Crippen MR) is 139 cm³/mol. The van der Waals surface area contributed by atoms with Crippen molar-refractivity contribution in [1.29, 1.82) is 0 Å². The predicted octanol–water partition coefficient (Wildman–Crippen LogP) is 5.07. The number of likely N-dealkylation sites (tertiary alicyclic amines) is 1. The highest BCUT2D eigenvalue weighted by Crippen LogP contribution is 2.42. The topological polar surface area (TPSA) is 99.3 Å². The summed E-state index contributed by atoms with van der Waals surface area (Å²) < 4.78 is 5.85. The Balaban J connectivity index is 1.36. The number of fused-ring (bicyclic) bond motifs is 3. The van der Waals surface area contributed by atoms with Gasteiger partial charge in [-0.25, -0.2) is 4.98 Å². The lowest BCUT2D eigenvalue weighted by atomic mass is 9.84. The summed E-state index contributed by atoms with van der Waals surface area (Å²) in [6, 6.07) is 14.4. The molecule has 2 aliphatic rings. The lowest BCUT2D eigenvalue weighted by Gasteiger charge is -2.43. The molecular formula is C27H24ClN5O3. The summed E-state index contributed by atoms with van der Waals surface area (Å²) in [6.07, 6.45) is 4.59. The third kappa shape index (κ3) is 3.79. The highest BCUT2D eigenvalue weighted by atomic mass is 35.5. The van der Waals surface area contributed by atoms with Gasteiger partial charge in [0.05, 0.1) is 33.5 Å². The Morgan fingerprint density at radius 2 is 1.86 bits per heavy atom. The average molecular weight is 502 g/mol. The SMILES string of the molecule is CN1CCC2(CC1)Nc1c(cnc3[nH]cc(C(=O)c4ccc(Oc5ccccc5)cc4Cl)c13)NC2=O. The van der Waals surface area contributed by atoms with Crippen LogP contribution in [0.1, 0.15) is 28.8 Å². The van der Waals surface area contributed by atoms with Crippen LogP contribution in [0, 0.1) is 0 Å². The van der Waals surface area contributed by atoms with Gasteiger partial charge in [0, 0.05) is 30.9 Å². The number of hydrogen-bond acceptors (Lipinski definition) is 6. The number of ketones is 1. The van der Waals surface area contributed by atoms with Crippen LogP contribution >= 0.6 is 11.6 Å². The molecule has 4 heterocycles. The van der Waals surface area contributed by atoms with Crippen LogP contribution in [0.15, 0.2) is 60.9 Å². The van der Waals surface area contributed by atoms with Crippen molar-refractivity contribution in [1.82, 2.24) is 14.9 Å². The molecule has 1 amide bonds. The number of rotatable bonds is 4. The summed E-state index contributed by atoms with van der Waals surface area (Å²) in [4.78, 5) is 36.5. The molecule has 0 atom stereocenters. The zero-order valence-corrected chi connectivity index (χ0v) is 20.4. The molecule has 0 radical (unpaired) electrons. The first-order valence-electron chi connectivity index (χ1n) is 11.8. The van der Waals surface area contributed by atoms with Crippen molar-refractivity contribution in [3.63, 3.8) is 0 Å². The molecule has 36 heavy (non-hydrogen) atoms. The third-order valence-corrected chi connectivity index (χ3v) is 7.31. The minimum atomic E-state index is -0.723. The number of anilines is 2. The van der Waals surface area contributed by atoms with E-state index < -0.39 is 5.54 Å². The van der Waals surface area contributed by atoms with E-state index in [-0.39, 0.29) is 16.7 Å². The van der Waals surface area contributed by atoms with Crippen LogP contribution < -0.4 is 15.4 Å². The first-order chi connectivity index (χ1) is 17.4. The summed E-state index contributed by atoms with van der Waals surface area (Å²) >= 11 is 6.55. The molecule has 2 aromatic heterocycles. The van der Waals surface area contributed by atoms with E-state index in [0.29, 0.717) is 57.9 Å². The molecule has 0 bridgehead atoms. The molecule has 2 aliphatic heterocycles. The van der Waals surface area contributed by atoms with Crippen LogP contribution in [-0.2, 0) is 4.79 Å². The minimum absolute atomic E-state index is 0.0651. The van der Waals surface area contributed by atoms with Gasteiger partial charge in [0.2, 0.25) is 5.91 Å². The van der Waals surface area contributed by atoms with Crippen molar-refractivity contribution in [3.05, 3.63) is 77.1 Å². The molecule has 6 rings (SSSR count). The maximum absolute atomic E-state index is 13.7. The van der Waals surface area contributed by atoms with E-state index in [1.807, 2.05) is 37.4 Å². The van der Waals surface area contributed by atoms with Crippen molar-refractivity contribution in [2.45, 2.75) is 18.4 Å². The number of benzene rings is 2. The van der Waals surface area contributed by atoms with Crippen molar-refractivity contribution in [2.24, 2.45) is 0 Å². The largest absolute Gasteiger partial charge is 0.457 e. The normalized spacial score (nSPS) is 16.9. The van der Waals surface area contributed by atoms with Gasteiger partial charge in [0.1, 0.15) is 22.7 Å². The average Bonchev–Trinajstić information content (AvgIpc) is 3.32. The third-order valence-electron chi connectivity index (χ3n) is 7.00. The number of amides is 1. The standard InChI is InChI=1S/C27H24ClN5O3/c1-33-11-9-27(10-12-33)26(35)31-21-15-30-25-22(23(21)32-27)19(14-29-25)24(34)18-8-7-17(13-20(18)28)36-16-5-3-2-4-6-16/h2-8,13-15,32H,9-12H2,1H3,(H,29,30)(H,31,35). The number of nitrogens with one attached hydrogen (secondary N) is 3. The van der Waals surface area contributed by atoms with Crippen LogP contribution in [-0.4, -0.2) is 52.2 Å². The van der Waals surface area contributed by atoms with E-state index in [9.17, 15) is 9.59 Å². The first-order valence-corrected chi connectivity index (χ1v) is 12.2. The van der Waals surface area contributed by atoms with E-state index in [0.717, 1.165) is 13.1 Å². The zero-order chi connectivity index (χ0) is 24.9. The Morgan fingerprint density at radius 3 is 2.61 bits per heavy atom. The van der Waals surface area contributed by atoms with Crippen LogP contribution in [0.25, 0.3) is 11.0 Å². The Labute approximate surface area is 212 Å². The number of pyridine rings is 1. The zero-order valence-electron chi connectivity index (χ0n) is 19.6. The van der Waals surface area contributed by atoms with Gasteiger partial charge in [0.15, 0.2) is 5.78 Å². The van der Waals surface area contributed by atoms with Gasteiger partial charge in [-0.15, -0.1) is 0 Å². The lowest BCUT2D eigenvalue weighted by molar-refractivity contribution is -0.122. The number of carbonyl (C=O) groups excluding carboxylic acids is 2. The highest BCUT2D eigenvalue weighted by molar-refractivity contribution is 6.36. The van der Waals surface area contributed by atoms with Crippen LogP contribution in [0.3, 0.4) is 0 Å². The van der Waals surface area contributed by atoms with Gasteiger partial charge in [-0.1, -0.05) is 29.8 Å². The molecule has 1 fully saturated rings. The number of hydrogen-bond donors (Lipinski definition) is 3. The van der Waals surface area contributed by atoms with Crippen LogP contribution in [0.5, 0.6) is 11.5 Å². The number of ether oxygens (including phenoxy) is 1. The van der Waals surface area contributed by atoms with E-state index in [1.165, 1.54) is 0 Å². The summed E-state index contributed by atoms with van der Waals surface area (Å²) in [7, 11) is 2.05. The second-order valence-electron chi connectivity index (χ2n) is 9.32. The molecule has 0 unspecified atom stereocenters. The molecule has 8 nitrogen and oxygen atoms in total. The lowest BCUT2D eigenvalue weighted by Crippen LogP contribution is -2.57. The minimum Gasteiger partial charge on any atom is -0.457 e. The number of halogens is 1. The van der Waals surface area contributed by atoms with Gasteiger partial charge in [-0.05, 0) is 44.2 Å². The van der Waals surface area contributed by atoms with Crippen LogP contribution in [0.4, 0.5) is 11.4 Å². The molecule has 2 aromatic carbocycles. The van der Waals surface area contributed by atoms with Gasteiger partial charge >= 0.3 is 0 Å². The fourth-order valence-corrected chi connectivity index (χ4v) is 5.16. The molecular weight excluding hydrogens is 478 g/mol. The van der Waals surface area contributed by atoms with E-state index in [1.54, 1.807) is 30.6 Å². The number of aromatic nitrogens is 2. The molecule has 0 aliphatic carbocycles. The molecule has 0 saturated carbocycles. The number of aromatic amines is 1. The van der Waals surface area contributed by atoms with Gasteiger partial charge in [0.25, 0.3) is 0 Å². The van der Waals surface area contributed by atoms with E-state index in [2.05, 4.69) is 25.5 Å². The fraction of sp³-hybridized carbons (Fsp3) is 0.222. The molecule has 182 valence electrons. The second kappa shape index (κ2) is 8.65. The van der Waals surface area contributed by atoms with Crippen molar-refractivity contribution >= 4 is 45.7 Å². The summed E-state index contributed by atoms with van der Waals surface area (Å²) in [6.45, 7) is 1.60. The molecule has 1 saturated heterocycles. The summed E-state index contributed by atoms with van der Waals surface area (Å²) in [5.74, 6) is 0.904. The maximum atomic E-state index is 13.7. The molecule has 4 aromatic rings. The maximum Gasteiger partial charge on any atom is 0.250 e. The molecule has 3 N–H and O–H groups in total. The van der Waals surface area contributed by atoms with Gasteiger partial charge in [-0.2, -0.15) is 0 Å². The number of para-hydroxylation sites is 1. The Bertz CT molecular complexity index is 1490. The Hall–Kier alpha value is -3.88. The molecule has 1 spiro atoms. The van der Waals surface area contributed by atoms with Crippen molar-refractivity contribution in [2.75, 3.05) is 30.8 Å².